The lowest BCUT2D eigenvalue weighted by Crippen LogP contribution is -2.42. The molecule has 0 aliphatic carbocycles. The minimum Gasteiger partial charge on any atom is -0.370 e. The van der Waals surface area contributed by atoms with Gasteiger partial charge in [-0.25, -0.2) is 0 Å². The van der Waals surface area contributed by atoms with Gasteiger partial charge in [-0.1, -0.05) is 20.3 Å². The number of nitrogens with one attached hydrogen (secondary N) is 1. The van der Waals surface area contributed by atoms with Crippen LogP contribution in [0, 0.1) is 0 Å². The van der Waals surface area contributed by atoms with Gasteiger partial charge in [-0.15, -0.1) is 0 Å². The third-order valence-electron chi connectivity index (χ3n) is 3.18. The molecule has 94 valence electrons. The van der Waals surface area contributed by atoms with E-state index in [-0.39, 0.29) is 0 Å². The number of hydrogen-bond acceptors (Lipinski definition) is 2. The van der Waals surface area contributed by atoms with Gasteiger partial charge < -0.3 is 11.1 Å². The number of rotatable bonds is 5. The van der Waals surface area contributed by atoms with Crippen molar-refractivity contribution in [1.82, 2.24) is 10.2 Å². The van der Waals surface area contributed by atoms with Crippen molar-refractivity contribution in [2.24, 2.45) is 10.7 Å². The summed E-state index contributed by atoms with van der Waals surface area (Å²) in [6, 6.07) is 0.598. The molecule has 1 aliphatic rings. The van der Waals surface area contributed by atoms with E-state index in [0.29, 0.717) is 12.0 Å². The molecular weight excluding hydrogens is 200 g/mol. The van der Waals surface area contributed by atoms with E-state index >= 15 is 0 Å². The van der Waals surface area contributed by atoms with Crippen LogP contribution >= 0.6 is 0 Å². The molecule has 0 saturated carbocycles. The van der Waals surface area contributed by atoms with Gasteiger partial charge in [-0.05, 0) is 32.4 Å². The zero-order chi connectivity index (χ0) is 11.8. The van der Waals surface area contributed by atoms with Gasteiger partial charge >= 0.3 is 0 Å². The number of hydrogen-bond donors (Lipinski definition) is 2. The Balaban J connectivity index is 2.33. The maximum absolute atomic E-state index is 5.78. The lowest BCUT2D eigenvalue weighted by Gasteiger charge is -2.33. The SMILES string of the molecule is CCCNC(N)=NCC1CCCCN1CC. The molecule has 0 radical (unpaired) electrons. The smallest absolute Gasteiger partial charge is 0.188 e. The summed E-state index contributed by atoms with van der Waals surface area (Å²) in [5.41, 5.74) is 5.78. The molecule has 3 N–H and O–H groups in total. The van der Waals surface area contributed by atoms with Crippen LogP contribution in [-0.2, 0) is 0 Å². The van der Waals surface area contributed by atoms with Crippen LogP contribution in [-0.4, -0.2) is 43.1 Å². The number of guanidine groups is 1. The highest BCUT2D eigenvalue weighted by molar-refractivity contribution is 5.77. The molecule has 1 heterocycles. The second-order valence-electron chi connectivity index (χ2n) is 4.43. The first-order valence-electron chi connectivity index (χ1n) is 6.55. The first-order chi connectivity index (χ1) is 7.77. The van der Waals surface area contributed by atoms with Crippen LogP contribution in [0.2, 0.25) is 0 Å². The number of piperidine rings is 1. The van der Waals surface area contributed by atoms with Gasteiger partial charge in [0.05, 0.1) is 6.54 Å². The predicted molar refractivity (Wildman–Crippen MR) is 69.7 cm³/mol. The third kappa shape index (κ3) is 4.39. The molecule has 0 bridgehead atoms. The van der Waals surface area contributed by atoms with Crippen molar-refractivity contribution in [3.05, 3.63) is 0 Å². The highest BCUT2D eigenvalue weighted by Gasteiger charge is 2.20. The Morgan fingerprint density at radius 1 is 1.44 bits per heavy atom. The van der Waals surface area contributed by atoms with Crippen LogP contribution in [0.4, 0.5) is 0 Å². The van der Waals surface area contributed by atoms with Gasteiger partial charge in [0.2, 0.25) is 0 Å². The summed E-state index contributed by atoms with van der Waals surface area (Å²) in [6.45, 7) is 8.45. The minimum absolute atomic E-state index is 0.598. The van der Waals surface area contributed by atoms with Gasteiger partial charge in [-0.3, -0.25) is 9.89 Å². The number of likely N-dealkylation sites (tertiary alicyclic amines) is 1. The Hall–Kier alpha value is -0.770. The minimum atomic E-state index is 0.598. The van der Waals surface area contributed by atoms with Crippen molar-refractivity contribution < 1.29 is 0 Å². The lowest BCUT2D eigenvalue weighted by atomic mass is 10.0. The second kappa shape index (κ2) is 7.49. The van der Waals surface area contributed by atoms with E-state index in [1.807, 2.05) is 0 Å². The summed E-state index contributed by atoms with van der Waals surface area (Å²) in [5.74, 6) is 0.600. The molecule has 0 aromatic carbocycles. The standard InChI is InChI=1S/C12H26N4/c1-3-8-14-12(13)15-10-11-7-5-6-9-16(11)4-2/h11H,3-10H2,1-2H3,(H3,13,14,15). The Labute approximate surface area is 99.3 Å². The van der Waals surface area contributed by atoms with Gasteiger partial charge in [0, 0.05) is 12.6 Å². The molecule has 1 atom stereocenters. The summed E-state index contributed by atoms with van der Waals surface area (Å²) >= 11 is 0. The van der Waals surface area contributed by atoms with Crippen molar-refractivity contribution in [2.75, 3.05) is 26.2 Å². The first kappa shape index (κ1) is 13.3. The quantitative estimate of drug-likeness (QED) is 0.546. The van der Waals surface area contributed by atoms with Crippen molar-refractivity contribution in [1.29, 1.82) is 0 Å². The number of nitrogens with zero attached hydrogens (tertiary/aromatic N) is 2. The van der Waals surface area contributed by atoms with E-state index in [1.54, 1.807) is 0 Å². The maximum Gasteiger partial charge on any atom is 0.188 e. The average Bonchev–Trinajstić information content (AvgIpc) is 2.34. The summed E-state index contributed by atoms with van der Waals surface area (Å²) in [6.07, 6.45) is 5.01. The molecule has 0 amide bonds. The van der Waals surface area contributed by atoms with E-state index in [2.05, 4.69) is 29.1 Å². The van der Waals surface area contributed by atoms with Gasteiger partial charge in [0.15, 0.2) is 5.96 Å². The largest absolute Gasteiger partial charge is 0.370 e. The lowest BCUT2D eigenvalue weighted by molar-refractivity contribution is 0.161. The summed E-state index contributed by atoms with van der Waals surface area (Å²) in [5, 5.41) is 3.11. The van der Waals surface area contributed by atoms with Gasteiger partial charge in [-0.2, -0.15) is 0 Å². The molecule has 0 spiro atoms. The normalized spacial score (nSPS) is 23.4. The fourth-order valence-electron chi connectivity index (χ4n) is 2.20. The van der Waals surface area contributed by atoms with Crippen LogP contribution in [0.5, 0.6) is 0 Å². The zero-order valence-corrected chi connectivity index (χ0v) is 10.7. The summed E-state index contributed by atoms with van der Waals surface area (Å²) < 4.78 is 0. The number of aliphatic imine (C=N–C) groups is 1. The van der Waals surface area contributed by atoms with Crippen molar-refractivity contribution >= 4 is 5.96 Å². The van der Waals surface area contributed by atoms with E-state index in [4.69, 9.17) is 5.73 Å². The van der Waals surface area contributed by atoms with Crippen LogP contribution in [0.1, 0.15) is 39.5 Å². The highest BCUT2D eigenvalue weighted by atomic mass is 15.2. The molecule has 1 saturated heterocycles. The summed E-state index contributed by atoms with van der Waals surface area (Å²) in [4.78, 5) is 6.94. The Bertz CT molecular complexity index is 215. The Kier molecular flexibility index (Phi) is 6.23. The van der Waals surface area contributed by atoms with E-state index in [9.17, 15) is 0 Å². The third-order valence-corrected chi connectivity index (χ3v) is 3.18. The fraction of sp³-hybridized carbons (Fsp3) is 0.917. The van der Waals surface area contributed by atoms with Gasteiger partial charge in [0.25, 0.3) is 0 Å². The van der Waals surface area contributed by atoms with Crippen molar-refractivity contribution in [2.45, 2.75) is 45.6 Å². The molecular formula is C12H26N4. The van der Waals surface area contributed by atoms with Crippen LogP contribution in [0.25, 0.3) is 0 Å². The molecule has 1 aliphatic heterocycles. The van der Waals surface area contributed by atoms with Crippen LogP contribution in [0.3, 0.4) is 0 Å². The second-order valence-corrected chi connectivity index (χ2v) is 4.43. The van der Waals surface area contributed by atoms with Gasteiger partial charge in [0.1, 0.15) is 0 Å². The Morgan fingerprint density at radius 3 is 2.94 bits per heavy atom. The van der Waals surface area contributed by atoms with Crippen molar-refractivity contribution in [3.8, 4) is 0 Å². The molecule has 4 heteroatoms. The average molecular weight is 226 g/mol. The van der Waals surface area contributed by atoms with E-state index < -0.39 is 0 Å². The fourth-order valence-corrected chi connectivity index (χ4v) is 2.20. The first-order valence-corrected chi connectivity index (χ1v) is 6.55. The monoisotopic (exact) mass is 226 g/mol. The molecule has 1 unspecified atom stereocenters. The van der Waals surface area contributed by atoms with Crippen LogP contribution < -0.4 is 11.1 Å². The van der Waals surface area contributed by atoms with E-state index in [0.717, 1.165) is 26.1 Å². The van der Waals surface area contributed by atoms with Crippen molar-refractivity contribution in [3.63, 3.8) is 0 Å². The summed E-state index contributed by atoms with van der Waals surface area (Å²) in [7, 11) is 0. The maximum atomic E-state index is 5.78. The molecule has 1 rings (SSSR count). The highest BCUT2D eigenvalue weighted by Crippen LogP contribution is 2.16. The number of nitrogens with two attached hydrogens (primary N) is 1. The molecule has 16 heavy (non-hydrogen) atoms. The van der Waals surface area contributed by atoms with E-state index in [1.165, 1.54) is 25.8 Å². The molecule has 0 aromatic heterocycles. The zero-order valence-electron chi connectivity index (χ0n) is 10.7. The van der Waals surface area contributed by atoms with Crippen LogP contribution in [0.15, 0.2) is 4.99 Å². The predicted octanol–water partition coefficient (Wildman–Crippen LogP) is 1.18. The molecule has 1 fully saturated rings. The topological polar surface area (TPSA) is 53.6 Å². The number of likely N-dealkylation sites (N-methyl/N-ethyl adjacent to an activating group) is 1. The molecule has 4 nitrogen and oxygen atoms in total. The molecule has 0 aromatic rings. The Morgan fingerprint density at radius 2 is 2.25 bits per heavy atom.